The minimum absolute atomic E-state index is 0.138. The number of hydrogen-bond acceptors (Lipinski definition) is 3. The largest absolute Gasteiger partial charge is 0.466 e. The van der Waals surface area contributed by atoms with Gasteiger partial charge in [0.25, 0.3) is 0 Å². The Morgan fingerprint density at radius 3 is 3.00 bits per heavy atom. The van der Waals surface area contributed by atoms with Crippen molar-refractivity contribution in [2.45, 2.75) is 32.7 Å². The number of carbonyl (C=O) groups excluding carboxylic acids is 1. The molecule has 0 aliphatic rings. The van der Waals surface area contributed by atoms with E-state index in [1.807, 2.05) is 19.9 Å². The number of aromatic amines is 1. The van der Waals surface area contributed by atoms with Crippen molar-refractivity contribution in [1.82, 2.24) is 10.3 Å². The number of aromatic nitrogens is 1. The molecule has 1 heterocycles. The van der Waals surface area contributed by atoms with E-state index >= 15 is 0 Å². The van der Waals surface area contributed by atoms with E-state index in [1.54, 1.807) is 0 Å². The van der Waals surface area contributed by atoms with E-state index in [-0.39, 0.29) is 12.0 Å². The second-order valence-corrected chi connectivity index (χ2v) is 4.97. The van der Waals surface area contributed by atoms with E-state index in [9.17, 15) is 4.79 Å². The van der Waals surface area contributed by atoms with Gasteiger partial charge in [0, 0.05) is 23.1 Å². The smallest absolute Gasteiger partial charge is 0.307 e. The highest BCUT2D eigenvalue weighted by atomic mass is 16.5. The van der Waals surface area contributed by atoms with Crippen LogP contribution in [-0.2, 0) is 16.0 Å². The fourth-order valence-electron chi connectivity index (χ4n) is 2.33. The van der Waals surface area contributed by atoms with Gasteiger partial charge in [0.1, 0.15) is 0 Å². The second kappa shape index (κ2) is 7.10. The van der Waals surface area contributed by atoms with Crippen LogP contribution in [0.5, 0.6) is 0 Å². The summed E-state index contributed by atoms with van der Waals surface area (Å²) in [5.41, 5.74) is 2.47. The first kappa shape index (κ1) is 14.6. The Kier molecular flexibility index (Phi) is 5.18. The minimum Gasteiger partial charge on any atom is -0.466 e. The predicted octanol–water partition coefficient (Wildman–Crippen LogP) is 2.64. The average Bonchev–Trinajstić information content (AvgIpc) is 2.82. The van der Waals surface area contributed by atoms with E-state index in [0.29, 0.717) is 13.0 Å². The monoisotopic (exact) mass is 274 g/mol. The number of benzene rings is 1. The van der Waals surface area contributed by atoms with Crippen LogP contribution in [0.25, 0.3) is 10.9 Å². The molecule has 0 aliphatic carbocycles. The first-order valence-electron chi connectivity index (χ1n) is 7.14. The van der Waals surface area contributed by atoms with Gasteiger partial charge in [-0.3, -0.25) is 4.79 Å². The molecule has 2 aromatic rings. The molecule has 1 atom stereocenters. The van der Waals surface area contributed by atoms with Crippen LogP contribution in [0.15, 0.2) is 30.5 Å². The van der Waals surface area contributed by atoms with Gasteiger partial charge in [-0.25, -0.2) is 0 Å². The molecule has 2 rings (SSSR count). The molecule has 0 spiro atoms. The van der Waals surface area contributed by atoms with Crippen LogP contribution < -0.4 is 5.32 Å². The molecule has 1 aromatic carbocycles. The van der Waals surface area contributed by atoms with Gasteiger partial charge in [-0.1, -0.05) is 18.2 Å². The van der Waals surface area contributed by atoms with Crippen molar-refractivity contribution in [3.05, 3.63) is 36.0 Å². The SMILES string of the molecule is CCOC(=O)CC(C)NCCc1c[nH]c2ccccc12. The highest BCUT2D eigenvalue weighted by Crippen LogP contribution is 2.17. The Morgan fingerprint density at radius 1 is 1.40 bits per heavy atom. The van der Waals surface area contributed by atoms with Crippen molar-refractivity contribution in [2.24, 2.45) is 0 Å². The van der Waals surface area contributed by atoms with Gasteiger partial charge >= 0.3 is 5.97 Å². The highest BCUT2D eigenvalue weighted by molar-refractivity contribution is 5.83. The van der Waals surface area contributed by atoms with Crippen molar-refractivity contribution in [3.8, 4) is 0 Å². The number of hydrogen-bond donors (Lipinski definition) is 2. The summed E-state index contributed by atoms with van der Waals surface area (Å²) in [4.78, 5) is 14.6. The van der Waals surface area contributed by atoms with E-state index in [2.05, 4.69) is 34.7 Å². The van der Waals surface area contributed by atoms with Crippen molar-refractivity contribution in [3.63, 3.8) is 0 Å². The molecule has 4 nitrogen and oxygen atoms in total. The van der Waals surface area contributed by atoms with Crippen LogP contribution in [-0.4, -0.2) is 30.1 Å². The van der Waals surface area contributed by atoms with Gasteiger partial charge in [-0.15, -0.1) is 0 Å². The van der Waals surface area contributed by atoms with Crippen LogP contribution in [0, 0.1) is 0 Å². The zero-order chi connectivity index (χ0) is 14.4. The fourth-order valence-corrected chi connectivity index (χ4v) is 2.33. The molecular formula is C16H22N2O2. The third-order valence-corrected chi connectivity index (χ3v) is 3.34. The first-order chi connectivity index (χ1) is 9.70. The quantitative estimate of drug-likeness (QED) is 0.763. The van der Waals surface area contributed by atoms with E-state index in [1.165, 1.54) is 16.5 Å². The number of H-pyrrole nitrogens is 1. The lowest BCUT2D eigenvalue weighted by Crippen LogP contribution is -2.30. The summed E-state index contributed by atoms with van der Waals surface area (Å²) in [7, 11) is 0. The number of esters is 1. The summed E-state index contributed by atoms with van der Waals surface area (Å²) >= 11 is 0. The maximum Gasteiger partial charge on any atom is 0.307 e. The summed E-state index contributed by atoms with van der Waals surface area (Å²) in [5, 5.41) is 4.63. The van der Waals surface area contributed by atoms with Crippen LogP contribution in [0.4, 0.5) is 0 Å². The van der Waals surface area contributed by atoms with Gasteiger partial charge in [0.05, 0.1) is 13.0 Å². The average molecular weight is 274 g/mol. The lowest BCUT2D eigenvalue weighted by Gasteiger charge is -2.12. The summed E-state index contributed by atoms with van der Waals surface area (Å²) in [6, 6.07) is 8.43. The molecule has 0 amide bonds. The maximum absolute atomic E-state index is 11.4. The topological polar surface area (TPSA) is 54.1 Å². The number of nitrogens with one attached hydrogen (secondary N) is 2. The third kappa shape index (κ3) is 3.84. The van der Waals surface area contributed by atoms with E-state index in [0.717, 1.165) is 13.0 Å². The lowest BCUT2D eigenvalue weighted by atomic mass is 10.1. The van der Waals surface area contributed by atoms with Crippen molar-refractivity contribution < 1.29 is 9.53 Å². The molecule has 1 aromatic heterocycles. The summed E-state index contributed by atoms with van der Waals surface area (Å²) in [6.07, 6.45) is 3.42. The molecular weight excluding hydrogens is 252 g/mol. The minimum atomic E-state index is -0.139. The molecule has 4 heteroatoms. The van der Waals surface area contributed by atoms with Crippen molar-refractivity contribution >= 4 is 16.9 Å². The molecule has 20 heavy (non-hydrogen) atoms. The normalized spacial score (nSPS) is 12.5. The molecule has 0 saturated carbocycles. The predicted molar refractivity (Wildman–Crippen MR) is 80.7 cm³/mol. The van der Waals surface area contributed by atoms with Gasteiger partial charge in [0.2, 0.25) is 0 Å². The second-order valence-electron chi connectivity index (χ2n) is 4.97. The summed E-state index contributed by atoms with van der Waals surface area (Å²) in [6.45, 7) is 5.13. The standard InChI is InChI=1S/C16H22N2O2/c1-3-20-16(19)10-12(2)17-9-8-13-11-18-15-7-5-4-6-14(13)15/h4-7,11-12,17-18H,3,8-10H2,1-2H3. The van der Waals surface area contributed by atoms with Gasteiger partial charge in [0.15, 0.2) is 0 Å². The van der Waals surface area contributed by atoms with Crippen LogP contribution in [0.1, 0.15) is 25.8 Å². The molecule has 0 aliphatic heterocycles. The Balaban J connectivity index is 1.79. The lowest BCUT2D eigenvalue weighted by molar-refractivity contribution is -0.143. The Bertz CT molecular complexity index is 562. The molecule has 2 N–H and O–H groups in total. The van der Waals surface area contributed by atoms with Crippen LogP contribution in [0.2, 0.25) is 0 Å². The van der Waals surface area contributed by atoms with Crippen LogP contribution >= 0.6 is 0 Å². The molecule has 0 saturated heterocycles. The number of rotatable bonds is 7. The summed E-state index contributed by atoms with van der Waals surface area (Å²) in [5.74, 6) is -0.139. The molecule has 0 bridgehead atoms. The Hall–Kier alpha value is -1.81. The fraction of sp³-hybridized carbons (Fsp3) is 0.438. The third-order valence-electron chi connectivity index (χ3n) is 3.34. The van der Waals surface area contributed by atoms with E-state index < -0.39 is 0 Å². The number of para-hydroxylation sites is 1. The Morgan fingerprint density at radius 2 is 2.20 bits per heavy atom. The van der Waals surface area contributed by atoms with Crippen molar-refractivity contribution in [1.29, 1.82) is 0 Å². The molecule has 108 valence electrons. The number of carbonyl (C=O) groups is 1. The Labute approximate surface area is 119 Å². The zero-order valence-corrected chi connectivity index (χ0v) is 12.1. The highest BCUT2D eigenvalue weighted by Gasteiger charge is 2.09. The molecule has 0 fully saturated rings. The van der Waals surface area contributed by atoms with Crippen LogP contribution in [0.3, 0.4) is 0 Å². The first-order valence-corrected chi connectivity index (χ1v) is 7.14. The number of ether oxygens (including phenoxy) is 1. The van der Waals surface area contributed by atoms with Gasteiger partial charge in [-0.05, 0) is 38.4 Å². The summed E-state index contributed by atoms with van der Waals surface area (Å²) < 4.78 is 4.94. The van der Waals surface area contributed by atoms with Gasteiger partial charge in [-0.2, -0.15) is 0 Å². The maximum atomic E-state index is 11.4. The van der Waals surface area contributed by atoms with E-state index in [4.69, 9.17) is 4.74 Å². The number of fused-ring (bicyclic) bond motifs is 1. The van der Waals surface area contributed by atoms with Crippen molar-refractivity contribution in [2.75, 3.05) is 13.2 Å². The van der Waals surface area contributed by atoms with Gasteiger partial charge < -0.3 is 15.0 Å². The zero-order valence-electron chi connectivity index (χ0n) is 12.1. The molecule has 0 radical (unpaired) electrons. The molecule has 1 unspecified atom stereocenters.